The van der Waals surface area contributed by atoms with Crippen LogP contribution in [-0.2, 0) is 0 Å². The van der Waals surface area contributed by atoms with E-state index in [-0.39, 0.29) is 23.4 Å². The van der Waals surface area contributed by atoms with Gasteiger partial charge in [-0.3, -0.25) is 10.2 Å². The van der Waals surface area contributed by atoms with E-state index >= 15 is 0 Å². The Kier molecular flexibility index (Phi) is 2.41. The second kappa shape index (κ2) is 4.27. The molecule has 0 aliphatic rings. The van der Waals surface area contributed by atoms with Gasteiger partial charge in [0, 0.05) is 0 Å². The summed E-state index contributed by atoms with van der Waals surface area (Å²) in [7, 11) is 0. The Hall–Kier alpha value is -2.96. The normalized spacial score (nSPS) is 11.3. The van der Waals surface area contributed by atoms with Gasteiger partial charge < -0.3 is 4.74 Å². The van der Waals surface area contributed by atoms with Gasteiger partial charge in [0.1, 0.15) is 11.6 Å². The molecule has 0 bridgehead atoms. The van der Waals surface area contributed by atoms with E-state index in [0.29, 0.717) is 21.8 Å². The van der Waals surface area contributed by atoms with E-state index in [1.165, 1.54) is 24.3 Å². The molecule has 0 saturated carbocycles. The largest absolute Gasteiger partial charge is 0.416 e. The third kappa shape index (κ3) is 1.90. The number of nitrogens with one attached hydrogen (secondary N) is 2. The summed E-state index contributed by atoms with van der Waals surface area (Å²) in [4.78, 5) is 0. The number of ether oxygens (including phenoxy) is 1. The number of halogens is 2. The molecule has 0 atom stereocenters. The molecule has 2 aromatic heterocycles. The predicted octanol–water partition coefficient (Wildman–Crippen LogP) is 3.51. The number of hydrogen-bond acceptors (Lipinski definition) is 3. The minimum Gasteiger partial charge on any atom is -0.416 e. The molecule has 104 valence electrons. The van der Waals surface area contributed by atoms with Gasteiger partial charge in [0.2, 0.25) is 11.8 Å². The van der Waals surface area contributed by atoms with Gasteiger partial charge in [-0.1, -0.05) is 0 Å². The number of benzene rings is 2. The molecule has 2 heterocycles. The first kappa shape index (κ1) is 11.8. The molecule has 0 spiro atoms. The van der Waals surface area contributed by atoms with Crippen molar-refractivity contribution in [3.05, 3.63) is 48.0 Å². The first-order valence-corrected chi connectivity index (χ1v) is 6.16. The average molecular weight is 286 g/mol. The van der Waals surface area contributed by atoms with Gasteiger partial charge >= 0.3 is 0 Å². The first-order chi connectivity index (χ1) is 10.2. The summed E-state index contributed by atoms with van der Waals surface area (Å²) >= 11 is 0. The van der Waals surface area contributed by atoms with Crippen LogP contribution in [0.1, 0.15) is 0 Å². The summed E-state index contributed by atoms with van der Waals surface area (Å²) in [6.45, 7) is 0. The van der Waals surface area contributed by atoms with Gasteiger partial charge in [0.25, 0.3) is 0 Å². The molecule has 2 aromatic carbocycles. The van der Waals surface area contributed by atoms with Gasteiger partial charge in [-0.05, 0) is 36.4 Å². The van der Waals surface area contributed by atoms with Crippen LogP contribution >= 0.6 is 0 Å². The monoisotopic (exact) mass is 286 g/mol. The van der Waals surface area contributed by atoms with Gasteiger partial charge in [-0.2, -0.15) is 0 Å². The Balaban J connectivity index is 1.79. The molecule has 5 nitrogen and oxygen atoms in total. The molecule has 4 rings (SSSR count). The van der Waals surface area contributed by atoms with E-state index in [0.717, 1.165) is 0 Å². The zero-order valence-corrected chi connectivity index (χ0v) is 10.5. The minimum absolute atomic E-state index is 0.280. The molecular formula is C14H8F2N4O. The van der Waals surface area contributed by atoms with Crippen LogP contribution in [0, 0.1) is 11.6 Å². The van der Waals surface area contributed by atoms with E-state index in [1.807, 2.05) is 0 Å². The van der Waals surface area contributed by atoms with Crippen molar-refractivity contribution in [3.63, 3.8) is 0 Å². The maximum absolute atomic E-state index is 13.1. The standard InChI is InChI=1S/C14H8F2N4O/c15-7-1-3-9-11(5-7)17-19-13(9)21-14-10-4-2-8(16)6-12(10)18-20-14/h1-6H,(H,17,19)(H,18,20). The molecule has 0 saturated heterocycles. The molecule has 0 amide bonds. The SMILES string of the molecule is Fc1ccc2c(Oc3n[nH]c4cc(F)ccc34)n[nH]c2c1. The molecule has 0 unspecified atom stereocenters. The lowest BCUT2D eigenvalue weighted by molar-refractivity contribution is 0.451. The molecular weight excluding hydrogens is 278 g/mol. The lowest BCUT2D eigenvalue weighted by atomic mass is 10.2. The number of aromatic amines is 2. The molecule has 0 aliphatic heterocycles. The van der Waals surface area contributed by atoms with Crippen LogP contribution in [-0.4, -0.2) is 20.4 Å². The Labute approximate surface area is 116 Å². The number of H-pyrrole nitrogens is 2. The van der Waals surface area contributed by atoms with Crippen molar-refractivity contribution < 1.29 is 13.5 Å². The summed E-state index contributed by atoms with van der Waals surface area (Å²) in [6.07, 6.45) is 0. The van der Waals surface area contributed by atoms with Gasteiger partial charge in [0.05, 0.1) is 21.8 Å². The molecule has 4 aromatic rings. The molecule has 0 aliphatic carbocycles. The maximum atomic E-state index is 13.1. The van der Waals surface area contributed by atoms with E-state index in [9.17, 15) is 8.78 Å². The van der Waals surface area contributed by atoms with Crippen molar-refractivity contribution in [2.24, 2.45) is 0 Å². The summed E-state index contributed by atoms with van der Waals surface area (Å²) in [6, 6.07) is 8.43. The van der Waals surface area contributed by atoms with Crippen molar-refractivity contribution in [3.8, 4) is 11.8 Å². The molecule has 2 N–H and O–H groups in total. The number of rotatable bonds is 2. The van der Waals surface area contributed by atoms with Gasteiger partial charge in [0.15, 0.2) is 0 Å². The Morgan fingerprint density at radius 2 is 1.24 bits per heavy atom. The second-order valence-electron chi connectivity index (χ2n) is 4.54. The fourth-order valence-electron chi connectivity index (χ4n) is 2.18. The summed E-state index contributed by atoms with van der Waals surface area (Å²) in [5.74, 6) is -0.165. The number of hydrogen-bond donors (Lipinski definition) is 2. The van der Waals surface area contributed by atoms with Gasteiger partial charge in [-0.15, -0.1) is 10.2 Å². The van der Waals surface area contributed by atoms with E-state index in [4.69, 9.17) is 4.74 Å². The van der Waals surface area contributed by atoms with Crippen LogP contribution in [0.4, 0.5) is 8.78 Å². The number of fused-ring (bicyclic) bond motifs is 2. The van der Waals surface area contributed by atoms with E-state index in [1.54, 1.807) is 12.1 Å². The smallest absolute Gasteiger partial charge is 0.247 e. The lowest BCUT2D eigenvalue weighted by Crippen LogP contribution is -1.86. The van der Waals surface area contributed by atoms with E-state index < -0.39 is 0 Å². The van der Waals surface area contributed by atoms with Crippen molar-refractivity contribution >= 4 is 21.8 Å². The fourth-order valence-corrected chi connectivity index (χ4v) is 2.18. The first-order valence-electron chi connectivity index (χ1n) is 6.16. The Bertz CT molecular complexity index is 882. The number of nitrogens with zero attached hydrogens (tertiary/aromatic N) is 2. The highest BCUT2D eigenvalue weighted by atomic mass is 19.1. The van der Waals surface area contributed by atoms with Gasteiger partial charge in [-0.25, -0.2) is 8.78 Å². The lowest BCUT2D eigenvalue weighted by Gasteiger charge is -1.99. The molecule has 0 fully saturated rings. The van der Waals surface area contributed by atoms with Crippen molar-refractivity contribution in [2.45, 2.75) is 0 Å². The highest BCUT2D eigenvalue weighted by molar-refractivity contribution is 5.87. The van der Waals surface area contributed by atoms with Crippen LogP contribution in [0.25, 0.3) is 21.8 Å². The van der Waals surface area contributed by atoms with Crippen LogP contribution in [0.15, 0.2) is 36.4 Å². The highest BCUT2D eigenvalue weighted by Gasteiger charge is 2.13. The van der Waals surface area contributed by atoms with Crippen LogP contribution < -0.4 is 4.74 Å². The molecule has 7 heteroatoms. The number of aromatic nitrogens is 4. The Morgan fingerprint density at radius 3 is 1.71 bits per heavy atom. The topological polar surface area (TPSA) is 66.6 Å². The summed E-state index contributed by atoms with van der Waals surface area (Å²) in [5.41, 5.74) is 1.05. The average Bonchev–Trinajstić information content (AvgIpc) is 3.03. The van der Waals surface area contributed by atoms with Crippen molar-refractivity contribution in [2.75, 3.05) is 0 Å². The van der Waals surface area contributed by atoms with Crippen LogP contribution in [0.3, 0.4) is 0 Å². The zero-order chi connectivity index (χ0) is 14.4. The third-order valence-electron chi connectivity index (χ3n) is 3.17. The zero-order valence-electron chi connectivity index (χ0n) is 10.5. The predicted molar refractivity (Wildman–Crippen MR) is 72.2 cm³/mol. The quantitative estimate of drug-likeness (QED) is 0.592. The second-order valence-corrected chi connectivity index (χ2v) is 4.54. The summed E-state index contributed by atoms with van der Waals surface area (Å²) < 4.78 is 31.9. The molecule has 21 heavy (non-hydrogen) atoms. The van der Waals surface area contributed by atoms with Crippen LogP contribution in [0.5, 0.6) is 11.8 Å². The van der Waals surface area contributed by atoms with Crippen molar-refractivity contribution in [1.82, 2.24) is 20.4 Å². The third-order valence-corrected chi connectivity index (χ3v) is 3.17. The highest BCUT2D eigenvalue weighted by Crippen LogP contribution is 2.31. The Morgan fingerprint density at radius 1 is 0.762 bits per heavy atom. The minimum atomic E-state index is -0.363. The fraction of sp³-hybridized carbons (Fsp3) is 0. The van der Waals surface area contributed by atoms with Crippen molar-refractivity contribution in [1.29, 1.82) is 0 Å². The molecule has 0 radical (unpaired) electrons. The van der Waals surface area contributed by atoms with E-state index in [2.05, 4.69) is 20.4 Å². The maximum Gasteiger partial charge on any atom is 0.247 e. The summed E-state index contributed by atoms with van der Waals surface area (Å²) in [5, 5.41) is 14.6. The van der Waals surface area contributed by atoms with Crippen LogP contribution in [0.2, 0.25) is 0 Å².